The fourth-order valence-corrected chi connectivity index (χ4v) is 2.32. The van der Waals surface area contributed by atoms with Gasteiger partial charge in [0.25, 0.3) is 5.91 Å². The molecule has 0 saturated carbocycles. The Kier molecular flexibility index (Phi) is 7.44. The normalized spacial score (nSPS) is 10.6. The Balaban J connectivity index is 1.81. The Morgan fingerprint density at radius 3 is 2.54 bits per heavy atom. The van der Waals surface area contributed by atoms with E-state index in [0.717, 1.165) is 0 Å². The molecule has 2 aromatic rings. The second-order valence-electron chi connectivity index (χ2n) is 4.99. The van der Waals surface area contributed by atoms with Gasteiger partial charge in [-0.05, 0) is 43.3 Å². The van der Waals surface area contributed by atoms with Crippen molar-refractivity contribution in [1.29, 1.82) is 0 Å². The minimum Gasteiger partial charge on any atom is -0.484 e. The molecule has 1 amide bonds. The summed E-state index contributed by atoms with van der Waals surface area (Å²) in [4.78, 5) is 23.3. The lowest BCUT2D eigenvalue weighted by Crippen LogP contribution is -2.24. The van der Waals surface area contributed by atoms with Crippen molar-refractivity contribution in [3.63, 3.8) is 0 Å². The second kappa shape index (κ2) is 9.79. The molecule has 0 aliphatic rings. The third-order valence-corrected chi connectivity index (χ3v) is 3.65. The smallest absolute Gasteiger partial charge is 0.338 e. The highest BCUT2D eigenvalue weighted by Gasteiger charge is 2.07. The summed E-state index contributed by atoms with van der Waals surface area (Å²) in [6.07, 6.45) is 1.41. The van der Waals surface area contributed by atoms with Gasteiger partial charge in [-0.2, -0.15) is 5.10 Å². The number of hydrazone groups is 1. The number of nitrogens with one attached hydrogen (secondary N) is 1. The zero-order valence-electron chi connectivity index (χ0n) is 13.9. The molecule has 1 N–H and O–H groups in total. The summed E-state index contributed by atoms with van der Waals surface area (Å²) in [5.74, 6) is -0.411. The Bertz CT molecular complexity index is 807. The van der Waals surface area contributed by atoms with Crippen molar-refractivity contribution in [2.75, 3.05) is 13.2 Å². The van der Waals surface area contributed by atoms with Crippen LogP contribution in [0.2, 0.25) is 10.0 Å². The summed E-state index contributed by atoms with van der Waals surface area (Å²) in [5, 5.41) is 4.75. The summed E-state index contributed by atoms with van der Waals surface area (Å²) in [5.41, 5.74) is 3.36. The number of hydrogen-bond acceptors (Lipinski definition) is 5. The van der Waals surface area contributed by atoms with E-state index in [9.17, 15) is 9.59 Å². The van der Waals surface area contributed by atoms with Crippen molar-refractivity contribution < 1.29 is 19.1 Å². The van der Waals surface area contributed by atoms with E-state index in [1.165, 1.54) is 6.21 Å². The molecular weight excluding hydrogens is 379 g/mol. The quantitative estimate of drug-likeness (QED) is 0.441. The minimum atomic E-state index is -0.444. The number of hydrogen-bond donors (Lipinski definition) is 1. The van der Waals surface area contributed by atoms with Crippen LogP contribution in [0.3, 0.4) is 0 Å². The predicted octanol–water partition coefficient (Wildman–Crippen LogP) is 3.70. The molecule has 0 aliphatic carbocycles. The molecular formula is C18H16Cl2N2O4. The van der Waals surface area contributed by atoms with E-state index in [0.29, 0.717) is 33.5 Å². The topological polar surface area (TPSA) is 77.0 Å². The summed E-state index contributed by atoms with van der Waals surface area (Å²) in [6.45, 7) is 1.81. The van der Waals surface area contributed by atoms with Crippen LogP contribution in [-0.4, -0.2) is 31.3 Å². The Labute approximate surface area is 160 Å². The third-order valence-electron chi connectivity index (χ3n) is 3.09. The fraction of sp³-hybridized carbons (Fsp3) is 0.167. The molecule has 0 atom stereocenters. The molecule has 0 bridgehead atoms. The standard InChI is InChI=1S/C18H16Cl2N2O4/c1-2-25-18(24)12-4-7-15(8-5-12)26-11-17(23)22-21-10-13-3-6-14(19)9-16(13)20/h3-10H,2,11H2,1H3,(H,22,23)/b21-10+. The molecule has 0 aliphatic heterocycles. The molecule has 0 radical (unpaired) electrons. The molecule has 0 fully saturated rings. The van der Waals surface area contributed by atoms with E-state index in [-0.39, 0.29) is 6.61 Å². The highest BCUT2D eigenvalue weighted by Crippen LogP contribution is 2.19. The number of carbonyl (C=O) groups is 2. The van der Waals surface area contributed by atoms with Gasteiger partial charge in [0.05, 0.1) is 23.4 Å². The summed E-state index contributed by atoms with van der Waals surface area (Å²) in [6, 6.07) is 11.2. The van der Waals surface area contributed by atoms with Crippen LogP contribution in [0.5, 0.6) is 5.75 Å². The van der Waals surface area contributed by atoms with E-state index in [4.69, 9.17) is 32.7 Å². The molecule has 8 heteroatoms. The van der Waals surface area contributed by atoms with Gasteiger partial charge in [0.1, 0.15) is 5.75 Å². The number of esters is 1. The SMILES string of the molecule is CCOC(=O)c1ccc(OCC(=O)N/N=C/c2ccc(Cl)cc2Cl)cc1. The number of rotatable bonds is 7. The average Bonchev–Trinajstić information content (AvgIpc) is 2.62. The maximum Gasteiger partial charge on any atom is 0.338 e. The molecule has 0 spiro atoms. The Morgan fingerprint density at radius 1 is 1.15 bits per heavy atom. The number of ether oxygens (including phenoxy) is 2. The van der Waals surface area contributed by atoms with E-state index in [2.05, 4.69) is 10.5 Å². The van der Waals surface area contributed by atoms with Gasteiger partial charge < -0.3 is 9.47 Å². The first-order valence-corrected chi connectivity index (χ1v) is 8.42. The van der Waals surface area contributed by atoms with Crippen LogP contribution in [0.4, 0.5) is 0 Å². The van der Waals surface area contributed by atoms with Crippen LogP contribution in [0.15, 0.2) is 47.6 Å². The van der Waals surface area contributed by atoms with Crippen molar-refractivity contribution >= 4 is 41.3 Å². The van der Waals surface area contributed by atoms with E-state index in [1.807, 2.05) is 0 Å². The van der Waals surface area contributed by atoms with Crippen molar-refractivity contribution in [2.45, 2.75) is 6.92 Å². The molecule has 26 heavy (non-hydrogen) atoms. The summed E-state index contributed by atoms with van der Waals surface area (Å²) >= 11 is 11.8. The van der Waals surface area contributed by atoms with Crippen molar-refractivity contribution in [3.05, 3.63) is 63.6 Å². The molecule has 0 heterocycles. The van der Waals surface area contributed by atoms with Crippen LogP contribution in [0.1, 0.15) is 22.8 Å². The molecule has 0 saturated heterocycles. The summed E-state index contributed by atoms with van der Waals surface area (Å²) < 4.78 is 10.2. The average molecular weight is 395 g/mol. The van der Waals surface area contributed by atoms with Gasteiger partial charge in [-0.15, -0.1) is 0 Å². The molecule has 6 nitrogen and oxygen atoms in total. The highest BCUT2D eigenvalue weighted by atomic mass is 35.5. The minimum absolute atomic E-state index is 0.232. The Morgan fingerprint density at radius 2 is 1.88 bits per heavy atom. The lowest BCUT2D eigenvalue weighted by molar-refractivity contribution is -0.123. The zero-order chi connectivity index (χ0) is 18.9. The first-order valence-electron chi connectivity index (χ1n) is 7.66. The number of benzene rings is 2. The predicted molar refractivity (Wildman–Crippen MR) is 100 cm³/mol. The van der Waals surface area contributed by atoms with Gasteiger partial charge in [-0.25, -0.2) is 10.2 Å². The molecule has 0 unspecified atom stereocenters. The molecule has 0 aromatic heterocycles. The van der Waals surface area contributed by atoms with Crippen LogP contribution < -0.4 is 10.2 Å². The van der Waals surface area contributed by atoms with Crippen LogP contribution in [0.25, 0.3) is 0 Å². The van der Waals surface area contributed by atoms with Gasteiger partial charge in [-0.3, -0.25) is 4.79 Å². The fourth-order valence-electron chi connectivity index (χ4n) is 1.86. The Hall–Kier alpha value is -2.57. The van der Waals surface area contributed by atoms with Gasteiger partial charge in [0.15, 0.2) is 6.61 Å². The van der Waals surface area contributed by atoms with E-state index < -0.39 is 11.9 Å². The first kappa shape index (κ1) is 19.8. The lowest BCUT2D eigenvalue weighted by Gasteiger charge is -2.06. The van der Waals surface area contributed by atoms with E-state index in [1.54, 1.807) is 49.4 Å². The zero-order valence-corrected chi connectivity index (χ0v) is 15.4. The van der Waals surface area contributed by atoms with Gasteiger partial charge in [0, 0.05) is 10.6 Å². The number of amides is 1. The summed E-state index contributed by atoms with van der Waals surface area (Å²) in [7, 11) is 0. The first-order chi connectivity index (χ1) is 12.5. The highest BCUT2D eigenvalue weighted by molar-refractivity contribution is 6.36. The van der Waals surface area contributed by atoms with Gasteiger partial charge in [-0.1, -0.05) is 29.3 Å². The molecule has 2 rings (SSSR count). The van der Waals surface area contributed by atoms with Crippen molar-refractivity contribution in [3.8, 4) is 5.75 Å². The van der Waals surface area contributed by atoms with Gasteiger partial charge >= 0.3 is 5.97 Å². The molecule has 2 aromatic carbocycles. The second-order valence-corrected chi connectivity index (χ2v) is 5.84. The maximum absolute atomic E-state index is 11.7. The number of carbonyl (C=O) groups excluding carboxylic acids is 2. The third kappa shape index (κ3) is 6.06. The van der Waals surface area contributed by atoms with Crippen LogP contribution >= 0.6 is 23.2 Å². The maximum atomic E-state index is 11.7. The van der Waals surface area contributed by atoms with Crippen LogP contribution in [0, 0.1) is 0 Å². The monoisotopic (exact) mass is 394 g/mol. The largest absolute Gasteiger partial charge is 0.484 e. The van der Waals surface area contributed by atoms with Gasteiger partial charge in [0.2, 0.25) is 0 Å². The molecule has 136 valence electrons. The lowest BCUT2D eigenvalue weighted by atomic mass is 10.2. The van der Waals surface area contributed by atoms with E-state index >= 15 is 0 Å². The number of halogens is 2. The van der Waals surface area contributed by atoms with Crippen molar-refractivity contribution in [1.82, 2.24) is 5.43 Å². The number of nitrogens with zero attached hydrogens (tertiary/aromatic N) is 1. The van der Waals surface area contributed by atoms with Crippen LogP contribution in [-0.2, 0) is 9.53 Å². The van der Waals surface area contributed by atoms with Crippen molar-refractivity contribution in [2.24, 2.45) is 5.10 Å².